The second-order valence-corrected chi connectivity index (χ2v) is 8.21. The van der Waals surface area contributed by atoms with Crippen molar-refractivity contribution in [1.82, 2.24) is 9.78 Å². The molecule has 2 aromatic carbocycles. The van der Waals surface area contributed by atoms with Crippen LogP contribution in [0.3, 0.4) is 0 Å². The Morgan fingerprint density at radius 1 is 1.03 bits per heavy atom. The number of aromatic nitrogens is 2. The molecule has 3 aromatic rings. The van der Waals surface area contributed by atoms with Crippen molar-refractivity contribution in [2.75, 3.05) is 6.26 Å². The van der Waals surface area contributed by atoms with Gasteiger partial charge >= 0.3 is 6.36 Å². The van der Waals surface area contributed by atoms with Crippen molar-refractivity contribution in [2.45, 2.75) is 17.7 Å². The first kappa shape index (κ1) is 22.6. The first-order chi connectivity index (χ1) is 14.3. The topological polar surface area (TPSA) is 61.2 Å². The van der Waals surface area contributed by atoms with Crippen molar-refractivity contribution >= 4 is 9.84 Å². The molecule has 0 saturated heterocycles. The minimum atomic E-state index is -5.03. The number of ether oxygens (including phenoxy) is 1. The van der Waals surface area contributed by atoms with Gasteiger partial charge in [-0.15, -0.1) is 13.2 Å². The fourth-order valence-electron chi connectivity index (χ4n) is 2.72. The molecule has 0 aliphatic carbocycles. The third kappa shape index (κ3) is 4.81. The zero-order chi connectivity index (χ0) is 23.1. The molecule has 0 N–H and O–H groups in total. The fraction of sp³-hybridized carbons (Fsp3) is 0.167. The van der Waals surface area contributed by atoms with Gasteiger partial charge in [-0.1, -0.05) is 6.07 Å². The average Bonchev–Trinajstić information content (AvgIpc) is 3.07. The van der Waals surface area contributed by atoms with Crippen LogP contribution in [0.4, 0.5) is 30.7 Å². The minimum Gasteiger partial charge on any atom is -0.406 e. The van der Waals surface area contributed by atoms with Gasteiger partial charge in [-0.2, -0.15) is 5.10 Å². The molecule has 0 radical (unpaired) electrons. The Balaban J connectivity index is 2.21. The average molecular weight is 468 g/mol. The van der Waals surface area contributed by atoms with Gasteiger partial charge in [0.2, 0.25) is 0 Å². The van der Waals surface area contributed by atoms with E-state index in [1.165, 1.54) is 6.07 Å². The summed E-state index contributed by atoms with van der Waals surface area (Å²) in [6, 6.07) is 6.31. The summed E-state index contributed by atoms with van der Waals surface area (Å²) in [6.45, 7) is 0. The molecule has 0 saturated carbocycles. The summed E-state index contributed by atoms with van der Waals surface area (Å²) in [6.07, 6.45) is -7.52. The Kier molecular flexibility index (Phi) is 5.74. The molecular weight excluding hydrogens is 457 g/mol. The van der Waals surface area contributed by atoms with Crippen LogP contribution in [0, 0.1) is 11.6 Å². The Morgan fingerprint density at radius 2 is 1.71 bits per heavy atom. The third-order valence-electron chi connectivity index (χ3n) is 3.97. The lowest BCUT2D eigenvalue weighted by Crippen LogP contribution is -2.17. The summed E-state index contributed by atoms with van der Waals surface area (Å²) >= 11 is 0. The van der Waals surface area contributed by atoms with Crippen molar-refractivity contribution in [3.05, 3.63) is 59.8 Å². The maximum atomic E-state index is 14.6. The van der Waals surface area contributed by atoms with Crippen molar-refractivity contribution < 1.29 is 43.9 Å². The monoisotopic (exact) mass is 468 g/mol. The summed E-state index contributed by atoms with van der Waals surface area (Å²) in [4.78, 5) is -0.950. The summed E-state index contributed by atoms with van der Waals surface area (Å²) in [5.74, 6) is -4.10. The quantitative estimate of drug-likeness (QED) is 0.492. The predicted molar refractivity (Wildman–Crippen MR) is 93.7 cm³/mol. The van der Waals surface area contributed by atoms with E-state index in [0.29, 0.717) is 17.0 Å². The minimum absolute atomic E-state index is 0.226. The summed E-state index contributed by atoms with van der Waals surface area (Å²) in [5, 5.41) is 3.56. The molecule has 0 aliphatic rings. The molecule has 0 amide bonds. The Hall–Kier alpha value is -3.09. The van der Waals surface area contributed by atoms with Crippen LogP contribution in [0.2, 0.25) is 0 Å². The Labute approximate surface area is 170 Å². The number of hydrogen-bond acceptors (Lipinski definition) is 4. The van der Waals surface area contributed by atoms with Crippen LogP contribution in [0.5, 0.6) is 5.75 Å². The molecular formula is C18H11F7N2O3S. The molecule has 31 heavy (non-hydrogen) atoms. The zero-order valence-corrected chi connectivity index (χ0v) is 16.1. The van der Waals surface area contributed by atoms with Crippen LogP contribution < -0.4 is 4.74 Å². The number of hydrogen-bond donors (Lipinski definition) is 0. The summed E-state index contributed by atoms with van der Waals surface area (Å²) in [7, 11) is -4.13. The molecule has 0 atom stereocenters. The third-order valence-corrected chi connectivity index (χ3v) is 5.08. The Bertz CT molecular complexity index is 1240. The highest BCUT2D eigenvalue weighted by molar-refractivity contribution is 7.90. The second kappa shape index (κ2) is 7.87. The molecule has 1 aromatic heterocycles. The maximum Gasteiger partial charge on any atom is 0.573 e. The van der Waals surface area contributed by atoms with E-state index < -0.39 is 61.9 Å². The molecule has 0 aliphatic heterocycles. The second-order valence-electron chi connectivity index (χ2n) is 6.22. The first-order valence-corrected chi connectivity index (χ1v) is 10.1. The largest absolute Gasteiger partial charge is 0.573 e. The highest BCUT2D eigenvalue weighted by Gasteiger charge is 2.31. The standard InChI is InChI=1S/C18H11F7N2O3S/c1-31(28,29)14-6-5-11(15(19)16(14)20)13-8-12(17(21)22)26-27(13)9-3-2-4-10(7-9)30-18(23,24)25/h2-8,17H,1H3. The predicted octanol–water partition coefficient (Wildman–Crippen LogP) is 5.06. The van der Waals surface area contributed by atoms with Crippen molar-refractivity contribution in [2.24, 2.45) is 0 Å². The number of halogens is 7. The van der Waals surface area contributed by atoms with Crippen LogP contribution in [0.15, 0.2) is 47.4 Å². The molecule has 1 heterocycles. The summed E-state index contributed by atoms with van der Waals surface area (Å²) < 4.78 is 120. The molecule has 13 heteroatoms. The van der Waals surface area contributed by atoms with Crippen LogP contribution in [0.1, 0.15) is 12.1 Å². The van der Waals surface area contributed by atoms with Crippen LogP contribution in [-0.4, -0.2) is 30.8 Å². The number of sulfone groups is 1. The van der Waals surface area contributed by atoms with Gasteiger partial charge in [0.1, 0.15) is 16.3 Å². The fourth-order valence-corrected chi connectivity index (χ4v) is 3.45. The van der Waals surface area contributed by atoms with Gasteiger partial charge < -0.3 is 4.74 Å². The zero-order valence-electron chi connectivity index (χ0n) is 15.3. The maximum absolute atomic E-state index is 14.6. The van der Waals surface area contributed by atoms with E-state index in [4.69, 9.17) is 0 Å². The van der Waals surface area contributed by atoms with Crippen molar-refractivity contribution in [3.63, 3.8) is 0 Å². The number of rotatable bonds is 5. The van der Waals surface area contributed by atoms with E-state index in [1.807, 2.05) is 0 Å². The first-order valence-electron chi connectivity index (χ1n) is 8.20. The van der Waals surface area contributed by atoms with E-state index in [1.54, 1.807) is 0 Å². The van der Waals surface area contributed by atoms with Crippen molar-refractivity contribution in [3.8, 4) is 22.7 Å². The number of nitrogens with zero attached hydrogens (tertiary/aromatic N) is 2. The van der Waals surface area contributed by atoms with Gasteiger partial charge in [-0.05, 0) is 30.3 Å². The van der Waals surface area contributed by atoms with Crippen LogP contribution in [-0.2, 0) is 9.84 Å². The van der Waals surface area contributed by atoms with E-state index in [0.717, 1.165) is 30.3 Å². The van der Waals surface area contributed by atoms with Gasteiger partial charge in [-0.3, -0.25) is 0 Å². The van der Waals surface area contributed by atoms with Gasteiger partial charge in [0, 0.05) is 17.9 Å². The molecule has 5 nitrogen and oxygen atoms in total. The SMILES string of the molecule is CS(=O)(=O)c1ccc(-c2cc(C(F)F)nn2-c2cccc(OC(F)(F)F)c2)c(F)c1F. The van der Waals surface area contributed by atoms with Crippen LogP contribution >= 0.6 is 0 Å². The van der Waals surface area contributed by atoms with Crippen molar-refractivity contribution in [1.29, 1.82) is 0 Å². The van der Waals surface area contributed by atoms with Gasteiger partial charge in [0.15, 0.2) is 21.5 Å². The molecule has 0 unspecified atom stereocenters. The highest BCUT2D eigenvalue weighted by Crippen LogP contribution is 2.33. The molecule has 0 spiro atoms. The summed E-state index contributed by atoms with van der Waals surface area (Å²) in [5.41, 5.74) is -2.18. The lowest BCUT2D eigenvalue weighted by molar-refractivity contribution is -0.274. The lowest BCUT2D eigenvalue weighted by Gasteiger charge is -2.13. The van der Waals surface area contributed by atoms with Gasteiger partial charge in [0.25, 0.3) is 6.43 Å². The normalized spacial score (nSPS) is 12.4. The number of benzene rings is 2. The molecule has 166 valence electrons. The van der Waals surface area contributed by atoms with Gasteiger partial charge in [0.05, 0.1) is 11.4 Å². The molecule has 0 fully saturated rings. The van der Waals surface area contributed by atoms with E-state index >= 15 is 0 Å². The van der Waals surface area contributed by atoms with E-state index in [9.17, 15) is 39.2 Å². The van der Waals surface area contributed by atoms with Crippen LogP contribution in [0.25, 0.3) is 16.9 Å². The lowest BCUT2D eigenvalue weighted by atomic mass is 10.1. The highest BCUT2D eigenvalue weighted by atomic mass is 32.2. The smallest absolute Gasteiger partial charge is 0.406 e. The molecule has 0 bridgehead atoms. The van der Waals surface area contributed by atoms with E-state index in [-0.39, 0.29) is 5.69 Å². The van der Waals surface area contributed by atoms with E-state index in [2.05, 4.69) is 9.84 Å². The number of alkyl halides is 5. The molecule has 3 rings (SSSR count). The Morgan fingerprint density at radius 3 is 2.29 bits per heavy atom. The van der Waals surface area contributed by atoms with Gasteiger partial charge in [-0.25, -0.2) is 30.7 Å².